The Bertz CT molecular complexity index is 602. The van der Waals surface area contributed by atoms with Crippen molar-refractivity contribution >= 4 is 11.6 Å². The molecular weight excluding hydrogens is 238 g/mol. The van der Waals surface area contributed by atoms with Crippen LogP contribution in [0.15, 0.2) is 48.8 Å². The maximum Gasteiger partial charge on any atom is 0.224 e. The number of nitrogens with one attached hydrogen (secondary N) is 1. The zero-order valence-electron chi connectivity index (χ0n) is 10.3. The molecule has 0 radical (unpaired) electrons. The van der Waals surface area contributed by atoms with Gasteiger partial charge in [-0.1, -0.05) is 18.2 Å². The van der Waals surface area contributed by atoms with Gasteiger partial charge in [0.15, 0.2) is 0 Å². The lowest BCUT2D eigenvalue weighted by Gasteiger charge is -2.06. The highest BCUT2D eigenvalue weighted by molar-refractivity contribution is 5.92. The number of nitriles is 1. The molecule has 0 aliphatic heterocycles. The number of anilines is 1. The van der Waals surface area contributed by atoms with Gasteiger partial charge in [-0.2, -0.15) is 5.26 Å². The monoisotopic (exact) mass is 251 g/mol. The van der Waals surface area contributed by atoms with Crippen LogP contribution in [0.4, 0.5) is 5.69 Å². The van der Waals surface area contributed by atoms with Gasteiger partial charge < -0.3 is 5.32 Å². The van der Waals surface area contributed by atoms with Gasteiger partial charge >= 0.3 is 0 Å². The molecule has 1 aromatic heterocycles. The fourth-order valence-electron chi connectivity index (χ4n) is 1.71. The Morgan fingerprint density at radius 1 is 1.26 bits per heavy atom. The number of pyridine rings is 1. The number of nitrogens with zero attached hydrogens (tertiary/aromatic N) is 2. The van der Waals surface area contributed by atoms with Crippen LogP contribution in [0.25, 0.3) is 0 Å². The maximum atomic E-state index is 11.8. The number of carbonyl (C=O) groups is 1. The Balaban J connectivity index is 1.93. The van der Waals surface area contributed by atoms with E-state index >= 15 is 0 Å². The zero-order valence-corrected chi connectivity index (χ0v) is 10.3. The Morgan fingerprint density at radius 3 is 2.84 bits per heavy atom. The minimum absolute atomic E-state index is 0.105. The average Bonchev–Trinajstić information content (AvgIpc) is 2.47. The number of para-hydroxylation sites is 1. The number of rotatable bonds is 4. The molecule has 0 saturated carbocycles. The Morgan fingerprint density at radius 2 is 2.11 bits per heavy atom. The molecule has 4 heteroatoms. The molecule has 1 amide bonds. The van der Waals surface area contributed by atoms with Gasteiger partial charge in [-0.25, -0.2) is 0 Å². The van der Waals surface area contributed by atoms with E-state index in [4.69, 9.17) is 5.26 Å². The second-order valence-corrected chi connectivity index (χ2v) is 4.07. The molecule has 0 atom stereocenters. The molecule has 0 unspecified atom stereocenters. The lowest BCUT2D eigenvalue weighted by molar-refractivity contribution is -0.116. The number of carbonyl (C=O) groups excluding carboxylic acids is 1. The van der Waals surface area contributed by atoms with Crippen molar-refractivity contribution in [3.05, 3.63) is 59.9 Å². The minimum atomic E-state index is -0.105. The summed E-state index contributed by atoms with van der Waals surface area (Å²) in [5.41, 5.74) is 2.05. The van der Waals surface area contributed by atoms with Crippen LogP contribution in [0.1, 0.15) is 17.5 Å². The normalized spacial score (nSPS) is 9.63. The molecular formula is C15H13N3O. The van der Waals surface area contributed by atoms with Crippen molar-refractivity contribution in [2.75, 3.05) is 5.32 Å². The maximum absolute atomic E-state index is 11.8. The first-order chi connectivity index (χ1) is 9.29. The molecule has 4 nitrogen and oxygen atoms in total. The summed E-state index contributed by atoms with van der Waals surface area (Å²) in [4.78, 5) is 15.8. The van der Waals surface area contributed by atoms with E-state index in [1.807, 2.05) is 18.2 Å². The third kappa shape index (κ3) is 3.65. The van der Waals surface area contributed by atoms with Gasteiger partial charge in [-0.3, -0.25) is 9.78 Å². The molecule has 0 aliphatic rings. The summed E-state index contributed by atoms with van der Waals surface area (Å²) in [6.07, 6.45) is 4.45. The van der Waals surface area contributed by atoms with Crippen molar-refractivity contribution in [2.24, 2.45) is 0 Å². The fourth-order valence-corrected chi connectivity index (χ4v) is 1.71. The van der Waals surface area contributed by atoms with Gasteiger partial charge in [-0.15, -0.1) is 0 Å². The SMILES string of the molecule is N#Cc1ccccc1NC(=O)CCc1cccnc1. The molecule has 2 rings (SSSR count). The van der Waals surface area contributed by atoms with Gasteiger partial charge in [0.1, 0.15) is 6.07 Å². The summed E-state index contributed by atoms with van der Waals surface area (Å²) in [7, 11) is 0. The molecule has 1 heterocycles. The molecule has 1 aromatic carbocycles. The van der Waals surface area contributed by atoms with Crippen LogP contribution in [0, 0.1) is 11.3 Å². The van der Waals surface area contributed by atoms with E-state index in [0.29, 0.717) is 24.1 Å². The summed E-state index contributed by atoms with van der Waals surface area (Å²) in [6, 6.07) is 12.8. The predicted molar refractivity (Wildman–Crippen MR) is 72.3 cm³/mol. The van der Waals surface area contributed by atoms with Crippen LogP contribution in [0.3, 0.4) is 0 Å². The molecule has 2 aromatic rings. The number of hydrogen-bond donors (Lipinski definition) is 1. The average molecular weight is 251 g/mol. The standard InChI is InChI=1S/C15H13N3O/c16-10-13-5-1-2-6-14(13)18-15(19)8-7-12-4-3-9-17-11-12/h1-6,9,11H,7-8H2,(H,18,19). The number of aromatic nitrogens is 1. The Kier molecular flexibility index (Phi) is 4.25. The summed E-state index contributed by atoms with van der Waals surface area (Å²) in [6.45, 7) is 0. The summed E-state index contributed by atoms with van der Waals surface area (Å²) in [5, 5.41) is 11.7. The van der Waals surface area contributed by atoms with Crippen LogP contribution < -0.4 is 5.32 Å². The van der Waals surface area contributed by atoms with E-state index in [0.717, 1.165) is 5.56 Å². The summed E-state index contributed by atoms with van der Waals surface area (Å²) < 4.78 is 0. The third-order valence-electron chi connectivity index (χ3n) is 2.69. The fraction of sp³-hybridized carbons (Fsp3) is 0.133. The zero-order chi connectivity index (χ0) is 13.5. The summed E-state index contributed by atoms with van der Waals surface area (Å²) in [5.74, 6) is -0.105. The molecule has 0 saturated heterocycles. The van der Waals surface area contributed by atoms with Gasteiger partial charge in [0.25, 0.3) is 0 Å². The highest BCUT2D eigenvalue weighted by Crippen LogP contribution is 2.14. The largest absolute Gasteiger partial charge is 0.325 e. The first kappa shape index (κ1) is 12.8. The molecule has 1 N–H and O–H groups in total. The van der Waals surface area contributed by atoms with Crippen molar-refractivity contribution in [3.63, 3.8) is 0 Å². The second-order valence-electron chi connectivity index (χ2n) is 4.07. The van der Waals surface area contributed by atoms with E-state index in [2.05, 4.69) is 10.3 Å². The molecule has 19 heavy (non-hydrogen) atoms. The lowest BCUT2D eigenvalue weighted by Crippen LogP contribution is -2.13. The minimum Gasteiger partial charge on any atom is -0.325 e. The lowest BCUT2D eigenvalue weighted by atomic mass is 10.1. The highest BCUT2D eigenvalue weighted by Gasteiger charge is 2.06. The van der Waals surface area contributed by atoms with Gasteiger partial charge in [0.2, 0.25) is 5.91 Å². The number of benzene rings is 1. The number of hydrogen-bond acceptors (Lipinski definition) is 3. The third-order valence-corrected chi connectivity index (χ3v) is 2.69. The van der Waals surface area contributed by atoms with E-state index in [-0.39, 0.29) is 5.91 Å². The van der Waals surface area contributed by atoms with E-state index in [9.17, 15) is 4.79 Å². The van der Waals surface area contributed by atoms with Crippen molar-refractivity contribution in [2.45, 2.75) is 12.8 Å². The Labute approximate surface area is 111 Å². The summed E-state index contributed by atoms with van der Waals surface area (Å²) >= 11 is 0. The van der Waals surface area contributed by atoms with E-state index in [1.165, 1.54) is 0 Å². The van der Waals surface area contributed by atoms with Crippen LogP contribution in [-0.2, 0) is 11.2 Å². The highest BCUT2D eigenvalue weighted by atomic mass is 16.1. The smallest absolute Gasteiger partial charge is 0.224 e. The van der Waals surface area contributed by atoms with E-state index in [1.54, 1.807) is 36.7 Å². The molecule has 0 bridgehead atoms. The van der Waals surface area contributed by atoms with Gasteiger partial charge in [-0.05, 0) is 30.2 Å². The van der Waals surface area contributed by atoms with Crippen LogP contribution >= 0.6 is 0 Å². The molecule has 94 valence electrons. The van der Waals surface area contributed by atoms with Gasteiger partial charge in [0, 0.05) is 18.8 Å². The van der Waals surface area contributed by atoms with Crippen LogP contribution in [0.2, 0.25) is 0 Å². The topological polar surface area (TPSA) is 65.8 Å². The van der Waals surface area contributed by atoms with Crippen LogP contribution in [-0.4, -0.2) is 10.9 Å². The first-order valence-corrected chi connectivity index (χ1v) is 5.97. The van der Waals surface area contributed by atoms with Crippen molar-refractivity contribution in [1.29, 1.82) is 5.26 Å². The molecule has 0 aliphatic carbocycles. The quantitative estimate of drug-likeness (QED) is 0.908. The van der Waals surface area contributed by atoms with Gasteiger partial charge in [0.05, 0.1) is 11.3 Å². The predicted octanol–water partition coefficient (Wildman–Crippen LogP) is 2.52. The van der Waals surface area contributed by atoms with Crippen molar-refractivity contribution in [1.82, 2.24) is 4.98 Å². The molecule has 0 spiro atoms. The number of aryl methyl sites for hydroxylation is 1. The molecule has 0 fully saturated rings. The van der Waals surface area contributed by atoms with Crippen molar-refractivity contribution < 1.29 is 4.79 Å². The first-order valence-electron chi connectivity index (χ1n) is 5.97. The number of amides is 1. The Hall–Kier alpha value is -2.67. The van der Waals surface area contributed by atoms with Crippen LogP contribution in [0.5, 0.6) is 0 Å². The van der Waals surface area contributed by atoms with Crippen molar-refractivity contribution in [3.8, 4) is 6.07 Å². The van der Waals surface area contributed by atoms with E-state index < -0.39 is 0 Å². The second kappa shape index (κ2) is 6.31.